The first-order valence-corrected chi connectivity index (χ1v) is 4.70. The molecule has 8 nitrogen and oxygen atoms in total. The number of nitrogens with one attached hydrogen (secondary N) is 2. The predicted molar refractivity (Wildman–Crippen MR) is 54.9 cm³/mol. The fourth-order valence-electron chi connectivity index (χ4n) is 0.900. The maximum absolute atomic E-state index is 11.2. The molecule has 96 valence electrons. The van der Waals surface area contributed by atoms with Gasteiger partial charge in [-0.3, -0.25) is 14.4 Å². The molecule has 17 heavy (non-hydrogen) atoms. The summed E-state index contributed by atoms with van der Waals surface area (Å²) in [7, 11) is 1.11. The Hall–Kier alpha value is -2.12. The summed E-state index contributed by atoms with van der Waals surface area (Å²) in [5, 5.41) is 13.0. The van der Waals surface area contributed by atoms with Crippen molar-refractivity contribution in [2.75, 3.05) is 13.7 Å². The largest absolute Gasteiger partial charge is 0.480 e. The standard InChI is InChI=1S/C9H14N2O6/c1-5(12)10-4-7(13)11-6(9(15)16)3-8(14)17-2/h6H,3-4H2,1-2H3,(H,10,12)(H,11,13)(H,15,16)/t6-/m0/s1. The van der Waals surface area contributed by atoms with Gasteiger partial charge in [-0.2, -0.15) is 0 Å². The Labute approximate surface area is 97.3 Å². The number of esters is 1. The molecule has 0 aromatic rings. The van der Waals surface area contributed by atoms with Crippen molar-refractivity contribution in [3.63, 3.8) is 0 Å². The maximum atomic E-state index is 11.2. The van der Waals surface area contributed by atoms with Gasteiger partial charge in [0.25, 0.3) is 0 Å². The van der Waals surface area contributed by atoms with Crippen molar-refractivity contribution in [3.05, 3.63) is 0 Å². The number of rotatable bonds is 6. The molecule has 0 aliphatic rings. The Balaban J connectivity index is 4.25. The first-order chi connectivity index (χ1) is 7.86. The van der Waals surface area contributed by atoms with Crippen LogP contribution in [0.4, 0.5) is 0 Å². The summed E-state index contributed by atoms with van der Waals surface area (Å²) < 4.78 is 4.29. The number of carboxylic acid groups (broad SMARTS) is 1. The summed E-state index contributed by atoms with van der Waals surface area (Å²) in [6.07, 6.45) is -0.475. The fraction of sp³-hybridized carbons (Fsp3) is 0.556. The van der Waals surface area contributed by atoms with Crippen LogP contribution in [0.25, 0.3) is 0 Å². The van der Waals surface area contributed by atoms with Crippen LogP contribution < -0.4 is 10.6 Å². The van der Waals surface area contributed by atoms with Gasteiger partial charge in [-0.25, -0.2) is 4.79 Å². The van der Waals surface area contributed by atoms with Gasteiger partial charge in [-0.15, -0.1) is 0 Å². The van der Waals surface area contributed by atoms with Gasteiger partial charge in [0.1, 0.15) is 6.04 Å². The van der Waals surface area contributed by atoms with Crippen LogP contribution in [0.1, 0.15) is 13.3 Å². The number of amides is 2. The number of methoxy groups -OCH3 is 1. The zero-order chi connectivity index (χ0) is 13.4. The number of hydrogen-bond acceptors (Lipinski definition) is 5. The van der Waals surface area contributed by atoms with Gasteiger partial charge in [0.2, 0.25) is 11.8 Å². The minimum Gasteiger partial charge on any atom is -0.480 e. The van der Waals surface area contributed by atoms with E-state index in [1.54, 1.807) is 0 Å². The van der Waals surface area contributed by atoms with E-state index in [-0.39, 0.29) is 6.54 Å². The number of carbonyl (C=O) groups excluding carboxylic acids is 3. The molecule has 0 unspecified atom stereocenters. The second-order valence-corrected chi connectivity index (χ2v) is 3.15. The second-order valence-electron chi connectivity index (χ2n) is 3.15. The third kappa shape index (κ3) is 6.88. The molecule has 0 aromatic heterocycles. The van der Waals surface area contributed by atoms with E-state index >= 15 is 0 Å². The maximum Gasteiger partial charge on any atom is 0.326 e. The quantitative estimate of drug-likeness (QED) is 0.478. The lowest BCUT2D eigenvalue weighted by Gasteiger charge is -2.13. The molecular formula is C9H14N2O6. The molecule has 0 heterocycles. The van der Waals surface area contributed by atoms with E-state index in [4.69, 9.17) is 5.11 Å². The lowest BCUT2D eigenvalue weighted by molar-refractivity contribution is -0.148. The van der Waals surface area contributed by atoms with Crippen LogP contribution in [0.2, 0.25) is 0 Å². The summed E-state index contributed by atoms with van der Waals surface area (Å²) >= 11 is 0. The van der Waals surface area contributed by atoms with E-state index in [2.05, 4.69) is 15.4 Å². The van der Waals surface area contributed by atoms with E-state index in [1.165, 1.54) is 6.92 Å². The summed E-state index contributed by atoms with van der Waals surface area (Å²) in [5.41, 5.74) is 0. The summed E-state index contributed by atoms with van der Waals surface area (Å²) in [6, 6.07) is -1.37. The van der Waals surface area contributed by atoms with Gasteiger partial charge < -0.3 is 20.5 Å². The Morgan fingerprint density at radius 3 is 2.29 bits per heavy atom. The number of carboxylic acids is 1. The first kappa shape index (κ1) is 14.9. The smallest absolute Gasteiger partial charge is 0.326 e. The highest BCUT2D eigenvalue weighted by atomic mass is 16.5. The monoisotopic (exact) mass is 246 g/mol. The van der Waals surface area contributed by atoms with Crippen LogP contribution >= 0.6 is 0 Å². The van der Waals surface area contributed by atoms with Crippen LogP contribution in [-0.4, -0.2) is 48.6 Å². The lowest BCUT2D eigenvalue weighted by atomic mass is 10.2. The van der Waals surface area contributed by atoms with Gasteiger partial charge >= 0.3 is 11.9 Å². The fourth-order valence-corrected chi connectivity index (χ4v) is 0.900. The summed E-state index contributed by atoms with van der Waals surface area (Å²) in [5.74, 6) is -3.22. The average molecular weight is 246 g/mol. The molecule has 0 saturated carbocycles. The number of aliphatic carboxylic acids is 1. The Bertz CT molecular complexity index is 327. The minimum atomic E-state index is -1.37. The molecule has 8 heteroatoms. The molecule has 0 aliphatic heterocycles. The van der Waals surface area contributed by atoms with E-state index < -0.39 is 36.2 Å². The van der Waals surface area contributed by atoms with E-state index in [1.807, 2.05) is 0 Å². The SMILES string of the molecule is COC(=O)C[C@H](NC(=O)CNC(C)=O)C(=O)O. The van der Waals surface area contributed by atoms with Crippen LogP contribution in [-0.2, 0) is 23.9 Å². The first-order valence-electron chi connectivity index (χ1n) is 4.70. The number of ether oxygens (including phenoxy) is 1. The zero-order valence-electron chi connectivity index (χ0n) is 9.48. The molecule has 0 saturated heterocycles. The third-order valence-corrected chi connectivity index (χ3v) is 1.73. The highest BCUT2D eigenvalue weighted by Crippen LogP contribution is 1.94. The normalized spacial score (nSPS) is 11.2. The molecule has 0 aliphatic carbocycles. The van der Waals surface area contributed by atoms with Crippen LogP contribution in [0.15, 0.2) is 0 Å². The zero-order valence-corrected chi connectivity index (χ0v) is 9.48. The lowest BCUT2D eigenvalue weighted by Crippen LogP contribution is -2.46. The predicted octanol–water partition coefficient (Wildman–Crippen LogP) is -1.74. The van der Waals surface area contributed by atoms with Crippen molar-refractivity contribution in [2.24, 2.45) is 0 Å². The average Bonchev–Trinajstić information content (AvgIpc) is 2.25. The minimum absolute atomic E-state index is 0.347. The molecule has 0 bridgehead atoms. The second kappa shape index (κ2) is 7.20. The summed E-state index contributed by atoms with van der Waals surface area (Å²) in [4.78, 5) is 43.3. The van der Waals surface area contributed by atoms with Gasteiger partial charge in [-0.1, -0.05) is 0 Å². The highest BCUT2D eigenvalue weighted by Gasteiger charge is 2.23. The van der Waals surface area contributed by atoms with Crippen molar-refractivity contribution >= 4 is 23.8 Å². The molecule has 0 radical (unpaired) electrons. The highest BCUT2D eigenvalue weighted by molar-refractivity contribution is 5.89. The Morgan fingerprint density at radius 1 is 1.29 bits per heavy atom. The molecule has 0 aromatic carbocycles. The van der Waals surface area contributed by atoms with Crippen LogP contribution in [0.3, 0.4) is 0 Å². The molecular weight excluding hydrogens is 232 g/mol. The molecule has 0 fully saturated rings. The van der Waals surface area contributed by atoms with Gasteiger partial charge in [0.05, 0.1) is 20.1 Å². The molecule has 0 rings (SSSR count). The molecule has 2 amide bonds. The van der Waals surface area contributed by atoms with Crippen LogP contribution in [0.5, 0.6) is 0 Å². The van der Waals surface area contributed by atoms with Crippen LogP contribution in [0, 0.1) is 0 Å². The van der Waals surface area contributed by atoms with Gasteiger partial charge in [0.15, 0.2) is 0 Å². The third-order valence-electron chi connectivity index (χ3n) is 1.73. The van der Waals surface area contributed by atoms with Crippen molar-refractivity contribution < 1.29 is 29.0 Å². The van der Waals surface area contributed by atoms with E-state index in [0.717, 1.165) is 7.11 Å². The van der Waals surface area contributed by atoms with E-state index in [9.17, 15) is 19.2 Å². The molecule has 0 spiro atoms. The molecule has 3 N–H and O–H groups in total. The molecule has 1 atom stereocenters. The van der Waals surface area contributed by atoms with Crippen molar-refractivity contribution in [3.8, 4) is 0 Å². The number of hydrogen-bond donors (Lipinski definition) is 3. The Kier molecular flexibility index (Phi) is 6.30. The van der Waals surface area contributed by atoms with Crippen molar-refractivity contribution in [2.45, 2.75) is 19.4 Å². The summed E-state index contributed by atoms with van der Waals surface area (Å²) in [6.45, 7) is 0.872. The van der Waals surface area contributed by atoms with Gasteiger partial charge in [-0.05, 0) is 0 Å². The number of carbonyl (C=O) groups is 4. The topological polar surface area (TPSA) is 122 Å². The Morgan fingerprint density at radius 2 is 1.88 bits per heavy atom. The van der Waals surface area contributed by atoms with Gasteiger partial charge in [0, 0.05) is 6.92 Å². The van der Waals surface area contributed by atoms with Crippen molar-refractivity contribution in [1.29, 1.82) is 0 Å². The van der Waals surface area contributed by atoms with Crippen molar-refractivity contribution in [1.82, 2.24) is 10.6 Å². The van der Waals surface area contributed by atoms with E-state index in [0.29, 0.717) is 0 Å².